The Morgan fingerprint density at radius 1 is 0.972 bits per heavy atom. The van der Waals surface area contributed by atoms with Crippen molar-refractivity contribution in [2.75, 3.05) is 56.2 Å². The van der Waals surface area contributed by atoms with Crippen LogP contribution in [0, 0.1) is 0 Å². The van der Waals surface area contributed by atoms with Crippen LogP contribution in [0.2, 0.25) is 0 Å². The number of fused-ring (bicyclic) bond motifs is 3. The number of rotatable bonds is 4. The summed E-state index contributed by atoms with van der Waals surface area (Å²) in [5.74, 6) is 1.23. The van der Waals surface area contributed by atoms with E-state index < -0.39 is 6.23 Å². The molecule has 0 bridgehead atoms. The Labute approximate surface area is 211 Å². The number of anilines is 3. The first-order valence-electron chi connectivity index (χ1n) is 13.3. The van der Waals surface area contributed by atoms with E-state index in [1.807, 2.05) is 24.5 Å². The van der Waals surface area contributed by atoms with E-state index >= 15 is 0 Å². The SMILES string of the molecule is OC1NCCCCCn2c1cc1cnc(Nc3ccc(N4CCC(N5CCOCC5)CC4)cn3)nc12. The number of aryl methyl sites for hydroxylation is 1. The molecule has 6 heterocycles. The highest BCUT2D eigenvalue weighted by atomic mass is 16.5. The minimum absolute atomic E-state index is 0.511. The number of nitrogens with one attached hydrogen (secondary N) is 2. The number of ether oxygens (including phenoxy) is 1. The van der Waals surface area contributed by atoms with Crippen LogP contribution in [-0.2, 0) is 11.3 Å². The standard InChI is InChI=1S/C26H36N8O2/c35-25-22-16-19-17-29-26(31-24(19)34(22)9-3-1-2-8-27-25)30-23-5-4-21(18-28-23)32-10-6-20(7-11-32)33-12-14-36-15-13-33/h4-5,16-18,20,25,27,35H,1-3,6-15H2,(H,28,29,30,31). The zero-order chi connectivity index (χ0) is 24.3. The van der Waals surface area contributed by atoms with Gasteiger partial charge in [-0.1, -0.05) is 6.42 Å². The van der Waals surface area contributed by atoms with Crippen LogP contribution < -0.4 is 15.5 Å². The summed E-state index contributed by atoms with van der Waals surface area (Å²) in [6.45, 7) is 7.60. The molecule has 0 saturated carbocycles. The van der Waals surface area contributed by atoms with Crippen LogP contribution in [0.4, 0.5) is 17.5 Å². The summed E-state index contributed by atoms with van der Waals surface area (Å²) in [5, 5.41) is 18.0. The number of morpholine rings is 1. The van der Waals surface area contributed by atoms with Gasteiger partial charge in [-0.15, -0.1) is 0 Å². The van der Waals surface area contributed by atoms with E-state index in [1.54, 1.807) is 0 Å². The van der Waals surface area contributed by atoms with Crippen molar-refractivity contribution in [2.24, 2.45) is 0 Å². The van der Waals surface area contributed by atoms with Gasteiger partial charge in [-0.05, 0) is 50.4 Å². The van der Waals surface area contributed by atoms with E-state index in [9.17, 15) is 5.11 Å². The van der Waals surface area contributed by atoms with Gasteiger partial charge in [-0.3, -0.25) is 10.2 Å². The monoisotopic (exact) mass is 492 g/mol. The third-order valence-electron chi connectivity index (χ3n) is 7.72. The number of nitrogens with zero attached hydrogens (tertiary/aromatic N) is 6. The average molecular weight is 493 g/mol. The summed E-state index contributed by atoms with van der Waals surface area (Å²) in [6, 6.07) is 6.77. The molecule has 10 nitrogen and oxygen atoms in total. The Hall–Kier alpha value is -2.79. The number of piperidine rings is 1. The number of pyridine rings is 1. The van der Waals surface area contributed by atoms with Gasteiger partial charge in [0.25, 0.3) is 0 Å². The molecule has 3 aromatic rings. The van der Waals surface area contributed by atoms with E-state index in [2.05, 4.69) is 41.0 Å². The molecular weight excluding hydrogens is 456 g/mol. The minimum atomic E-state index is -0.693. The molecule has 1 unspecified atom stereocenters. The normalized spacial score (nSPS) is 22.6. The summed E-state index contributed by atoms with van der Waals surface area (Å²) in [4.78, 5) is 18.9. The van der Waals surface area contributed by atoms with Gasteiger partial charge in [0.1, 0.15) is 17.7 Å². The quantitative estimate of drug-likeness (QED) is 0.507. The number of aromatic nitrogens is 4. The van der Waals surface area contributed by atoms with Gasteiger partial charge in [-0.25, -0.2) is 9.97 Å². The van der Waals surface area contributed by atoms with Crippen LogP contribution in [0.25, 0.3) is 11.0 Å². The van der Waals surface area contributed by atoms with E-state index in [0.717, 1.165) is 100.0 Å². The molecule has 1 atom stereocenters. The molecule has 0 aromatic carbocycles. The van der Waals surface area contributed by atoms with E-state index in [4.69, 9.17) is 9.72 Å². The Balaban J connectivity index is 1.12. The van der Waals surface area contributed by atoms with E-state index in [1.165, 1.54) is 12.8 Å². The Bertz CT molecular complexity index is 1150. The first-order chi connectivity index (χ1) is 17.7. The van der Waals surface area contributed by atoms with Crippen molar-refractivity contribution in [3.63, 3.8) is 0 Å². The highest BCUT2D eigenvalue weighted by Gasteiger charge is 2.26. The van der Waals surface area contributed by atoms with Crippen molar-refractivity contribution in [1.82, 2.24) is 29.7 Å². The molecule has 2 saturated heterocycles. The number of hydrogen-bond donors (Lipinski definition) is 3. The van der Waals surface area contributed by atoms with E-state index in [-0.39, 0.29) is 0 Å². The van der Waals surface area contributed by atoms with Crippen molar-refractivity contribution in [3.8, 4) is 0 Å². The summed E-state index contributed by atoms with van der Waals surface area (Å²) in [6.07, 6.45) is 8.67. The molecule has 0 spiro atoms. The first-order valence-corrected chi connectivity index (χ1v) is 13.3. The zero-order valence-corrected chi connectivity index (χ0v) is 20.8. The van der Waals surface area contributed by atoms with Gasteiger partial charge in [0.15, 0.2) is 0 Å². The third-order valence-corrected chi connectivity index (χ3v) is 7.72. The van der Waals surface area contributed by atoms with E-state index in [0.29, 0.717) is 12.0 Å². The smallest absolute Gasteiger partial charge is 0.230 e. The molecule has 192 valence electrons. The van der Waals surface area contributed by atoms with Crippen LogP contribution in [0.5, 0.6) is 0 Å². The topological polar surface area (TPSA) is 104 Å². The molecule has 0 amide bonds. The van der Waals surface area contributed by atoms with Gasteiger partial charge in [-0.2, -0.15) is 4.98 Å². The predicted molar refractivity (Wildman–Crippen MR) is 139 cm³/mol. The number of hydrogen-bond acceptors (Lipinski definition) is 9. The molecule has 0 radical (unpaired) electrons. The molecule has 0 aliphatic carbocycles. The van der Waals surface area contributed by atoms with Crippen molar-refractivity contribution < 1.29 is 9.84 Å². The summed E-state index contributed by atoms with van der Waals surface area (Å²) in [5.41, 5.74) is 2.84. The first kappa shape index (κ1) is 23.6. The Kier molecular flexibility index (Phi) is 7.00. The number of aliphatic hydroxyl groups is 1. The summed E-state index contributed by atoms with van der Waals surface area (Å²) >= 11 is 0. The second-order valence-corrected chi connectivity index (χ2v) is 10.0. The molecule has 2 fully saturated rings. The van der Waals surface area contributed by atoms with Gasteiger partial charge in [0.05, 0.1) is 30.8 Å². The summed E-state index contributed by atoms with van der Waals surface area (Å²) in [7, 11) is 0. The fourth-order valence-corrected chi connectivity index (χ4v) is 5.69. The predicted octanol–water partition coefficient (Wildman–Crippen LogP) is 2.64. The second-order valence-electron chi connectivity index (χ2n) is 10.0. The second kappa shape index (κ2) is 10.7. The van der Waals surface area contributed by atoms with Crippen LogP contribution >= 0.6 is 0 Å². The maximum Gasteiger partial charge on any atom is 0.230 e. The molecule has 3 N–H and O–H groups in total. The fourth-order valence-electron chi connectivity index (χ4n) is 5.69. The van der Waals surface area contributed by atoms with Crippen LogP contribution in [0.15, 0.2) is 30.6 Å². The minimum Gasteiger partial charge on any atom is -0.379 e. The molecule has 10 heteroatoms. The van der Waals surface area contributed by atoms with Crippen molar-refractivity contribution >= 4 is 28.5 Å². The molecule has 36 heavy (non-hydrogen) atoms. The van der Waals surface area contributed by atoms with Crippen LogP contribution in [-0.4, -0.2) is 81.5 Å². The Morgan fingerprint density at radius 3 is 2.64 bits per heavy atom. The molecule has 3 aliphatic rings. The fraction of sp³-hybridized carbons (Fsp3) is 0.577. The Morgan fingerprint density at radius 2 is 1.83 bits per heavy atom. The highest BCUT2D eigenvalue weighted by Crippen LogP contribution is 2.26. The van der Waals surface area contributed by atoms with Gasteiger partial charge in [0, 0.05) is 50.3 Å². The molecule has 3 aliphatic heterocycles. The lowest BCUT2D eigenvalue weighted by molar-refractivity contribution is 0.0115. The van der Waals surface area contributed by atoms with Crippen LogP contribution in [0.3, 0.4) is 0 Å². The number of aliphatic hydroxyl groups excluding tert-OH is 1. The largest absolute Gasteiger partial charge is 0.379 e. The molecule has 6 rings (SSSR count). The third kappa shape index (κ3) is 5.04. The van der Waals surface area contributed by atoms with Gasteiger partial charge < -0.3 is 24.6 Å². The lowest BCUT2D eigenvalue weighted by Crippen LogP contribution is -2.49. The average Bonchev–Trinajstić information content (AvgIpc) is 3.32. The molecular formula is C26H36N8O2. The van der Waals surface area contributed by atoms with Gasteiger partial charge in [0.2, 0.25) is 5.95 Å². The van der Waals surface area contributed by atoms with Crippen LogP contribution in [0.1, 0.15) is 44.0 Å². The van der Waals surface area contributed by atoms with Crippen molar-refractivity contribution in [3.05, 3.63) is 36.3 Å². The zero-order valence-electron chi connectivity index (χ0n) is 20.8. The summed E-state index contributed by atoms with van der Waals surface area (Å²) < 4.78 is 7.62. The molecule has 3 aromatic heterocycles. The van der Waals surface area contributed by atoms with Gasteiger partial charge >= 0.3 is 0 Å². The lowest BCUT2D eigenvalue weighted by atomic mass is 10.0. The maximum absolute atomic E-state index is 10.6. The maximum atomic E-state index is 10.6. The highest BCUT2D eigenvalue weighted by molar-refractivity contribution is 5.78. The van der Waals surface area contributed by atoms with Crippen molar-refractivity contribution in [1.29, 1.82) is 0 Å². The lowest BCUT2D eigenvalue weighted by Gasteiger charge is -2.40. The van der Waals surface area contributed by atoms with Crippen molar-refractivity contribution in [2.45, 2.75) is 50.9 Å².